The normalized spacial score (nSPS) is 15.0. The van der Waals surface area contributed by atoms with Crippen molar-refractivity contribution in [3.8, 4) is 17.5 Å². The number of nitriles is 1. The van der Waals surface area contributed by atoms with Gasteiger partial charge in [-0.1, -0.05) is 24.3 Å². The topological polar surface area (TPSA) is 105 Å². The van der Waals surface area contributed by atoms with Crippen molar-refractivity contribution >= 4 is 11.7 Å². The number of amides is 2. The number of methoxy groups -OCH3 is 1. The molecule has 0 spiro atoms. The molecular weight excluding hydrogens is 404 g/mol. The molecule has 3 aromatic rings. The van der Waals surface area contributed by atoms with E-state index in [1.54, 1.807) is 7.11 Å². The number of benzene rings is 2. The van der Waals surface area contributed by atoms with Gasteiger partial charge in [0, 0.05) is 37.9 Å². The van der Waals surface area contributed by atoms with Crippen LogP contribution in [0.3, 0.4) is 0 Å². The molecule has 0 fully saturated rings. The molecule has 0 bridgehead atoms. The fourth-order valence-corrected chi connectivity index (χ4v) is 3.99. The van der Waals surface area contributed by atoms with Crippen molar-refractivity contribution in [1.82, 2.24) is 20.1 Å². The zero-order valence-corrected chi connectivity index (χ0v) is 18.3. The fourth-order valence-electron chi connectivity index (χ4n) is 3.99. The third-order valence-electron chi connectivity index (χ3n) is 5.80. The summed E-state index contributed by atoms with van der Waals surface area (Å²) in [4.78, 5) is 12.2. The molecule has 1 atom stereocenters. The summed E-state index contributed by atoms with van der Waals surface area (Å²) in [6.45, 7) is 3.67. The van der Waals surface area contributed by atoms with Gasteiger partial charge in [-0.3, -0.25) is 0 Å². The van der Waals surface area contributed by atoms with E-state index in [9.17, 15) is 4.79 Å². The highest BCUT2D eigenvalue weighted by atomic mass is 16.5. The number of fused-ring (bicyclic) bond motifs is 1. The van der Waals surface area contributed by atoms with Crippen molar-refractivity contribution in [2.75, 3.05) is 25.6 Å². The molecule has 4 rings (SSSR count). The SMILES string of the molecule is COCCNC(=O)Nc1cc(-c2nnc3n2CCC(c2ccc(C#N)cc2)C3)ccc1C. The number of aromatic nitrogens is 3. The van der Waals surface area contributed by atoms with Gasteiger partial charge in [0.25, 0.3) is 0 Å². The number of hydrogen-bond acceptors (Lipinski definition) is 5. The Labute approximate surface area is 187 Å². The summed E-state index contributed by atoms with van der Waals surface area (Å²) in [6.07, 6.45) is 1.78. The van der Waals surface area contributed by atoms with Gasteiger partial charge in [-0.05, 0) is 48.6 Å². The molecule has 1 aliphatic heterocycles. The van der Waals surface area contributed by atoms with E-state index >= 15 is 0 Å². The summed E-state index contributed by atoms with van der Waals surface area (Å²) in [5.41, 5.74) is 4.52. The number of nitrogens with zero attached hydrogens (tertiary/aromatic N) is 4. The number of hydrogen-bond donors (Lipinski definition) is 2. The maximum Gasteiger partial charge on any atom is 0.319 e. The van der Waals surface area contributed by atoms with Gasteiger partial charge >= 0.3 is 6.03 Å². The van der Waals surface area contributed by atoms with Crippen molar-refractivity contribution in [1.29, 1.82) is 5.26 Å². The van der Waals surface area contributed by atoms with Crippen molar-refractivity contribution < 1.29 is 9.53 Å². The summed E-state index contributed by atoms with van der Waals surface area (Å²) < 4.78 is 7.12. The number of nitrogens with one attached hydrogen (secondary N) is 2. The molecule has 1 unspecified atom stereocenters. The molecule has 2 heterocycles. The van der Waals surface area contributed by atoms with E-state index in [1.165, 1.54) is 5.56 Å². The van der Waals surface area contributed by atoms with E-state index in [2.05, 4.69) is 31.5 Å². The Bertz CT molecular complexity index is 1150. The average molecular weight is 431 g/mol. The van der Waals surface area contributed by atoms with Crippen LogP contribution < -0.4 is 10.6 Å². The standard InChI is InChI=1S/C24H26N6O2/c1-16-3-6-20(13-21(16)27-24(31)26-10-12-32-2)23-29-28-22-14-19(9-11-30(22)23)18-7-4-17(15-25)5-8-18/h3-8,13,19H,9-12,14H2,1-2H3,(H2,26,27,31). The maximum atomic E-state index is 12.2. The zero-order chi connectivity index (χ0) is 22.5. The molecule has 0 radical (unpaired) electrons. The monoisotopic (exact) mass is 430 g/mol. The van der Waals surface area contributed by atoms with Crippen LogP contribution in [-0.4, -0.2) is 41.1 Å². The Morgan fingerprint density at radius 1 is 1.25 bits per heavy atom. The molecule has 164 valence electrons. The van der Waals surface area contributed by atoms with Crippen LogP contribution in [0.2, 0.25) is 0 Å². The second-order valence-corrected chi connectivity index (χ2v) is 7.92. The minimum Gasteiger partial charge on any atom is -0.383 e. The van der Waals surface area contributed by atoms with E-state index < -0.39 is 0 Å². The third-order valence-corrected chi connectivity index (χ3v) is 5.80. The Morgan fingerprint density at radius 2 is 2.06 bits per heavy atom. The van der Waals surface area contributed by atoms with Crippen molar-refractivity contribution in [2.24, 2.45) is 0 Å². The number of urea groups is 1. The smallest absolute Gasteiger partial charge is 0.319 e. The predicted molar refractivity (Wildman–Crippen MR) is 121 cm³/mol. The predicted octanol–water partition coefficient (Wildman–Crippen LogP) is 3.62. The highest BCUT2D eigenvalue weighted by Crippen LogP contribution is 2.32. The van der Waals surface area contributed by atoms with Gasteiger partial charge in [0.05, 0.1) is 18.2 Å². The molecule has 8 heteroatoms. The van der Waals surface area contributed by atoms with Gasteiger partial charge in [0.1, 0.15) is 5.82 Å². The van der Waals surface area contributed by atoms with Crippen LogP contribution in [0.15, 0.2) is 42.5 Å². The number of carbonyl (C=O) groups excluding carboxylic acids is 1. The number of anilines is 1. The Hall–Kier alpha value is -3.70. The number of rotatable bonds is 6. The lowest BCUT2D eigenvalue weighted by molar-refractivity contribution is 0.198. The molecule has 0 aliphatic carbocycles. The van der Waals surface area contributed by atoms with Crippen molar-refractivity contribution in [2.45, 2.75) is 32.2 Å². The largest absolute Gasteiger partial charge is 0.383 e. The van der Waals surface area contributed by atoms with Gasteiger partial charge in [-0.2, -0.15) is 5.26 Å². The van der Waals surface area contributed by atoms with Crippen LogP contribution in [0.5, 0.6) is 0 Å². The van der Waals surface area contributed by atoms with Gasteiger partial charge in [-0.15, -0.1) is 10.2 Å². The molecule has 1 aliphatic rings. The third kappa shape index (κ3) is 4.63. The quantitative estimate of drug-likeness (QED) is 0.581. The Morgan fingerprint density at radius 3 is 2.81 bits per heavy atom. The van der Waals surface area contributed by atoms with Gasteiger partial charge < -0.3 is 19.9 Å². The fraction of sp³-hybridized carbons (Fsp3) is 0.333. The van der Waals surface area contributed by atoms with Gasteiger partial charge in [0.2, 0.25) is 0 Å². The second-order valence-electron chi connectivity index (χ2n) is 7.92. The molecule has 2 N–H and O–H groups in total. The van der Waals surface area contributed by atoms with E-state index in [0.717, 1.165) is 47.8 Å². The minimum atomic E-state index is -0.268. The van der Waals surface area contributed by atoms with Crippen molar-refractivity contribution in [3.63, 3.8) is 0 Å². The summed E-state index contributed by atoms with van der Waals surface area (Å²) in [6, 6.07) is 15.6. The number of aryl methyl sites for hydroxylation is 1. The highest BCUT2D eigenvalue weighted by Gasteiger charge is 2.25. The highest BCUT2D eigenvalue weighted by molar-refractivity contribution is 5.90. The molecule has 2 amide bonds. The minimum absolute atomic E-state index is 0.268. The van der Waals surface area contributed by atoms with E-state index in [1.807, 2.05) is 49.4 Å². The molecule has 0 saturated heterocycles. The maximum absolute atomic E-state index is 12.2. The van der Waals surface area contributed by atoms with Crippen LogP contribution >= 0.6 is 0 Å². The molecule has 1 aromatic heterocycles. The lowest BCUT2D eigenvalue weighted by atomic mass is 9.89. The van der Waals surface area contributed by atoms with Gasteiger partial charge in [-0.25, -0.2) is 4.79 Å². The van der Waals surface area contributed by atoms with Crippen LogP contribution in [0.4, 0.5) is 10.5 Å². The lowest BCUT2D eigenvalue weighted by Gasteiger charge is -2.24. The van der Waals surface area contributed by atoms with Gasteiger partial charge in [0.15, 0.2) is 5.82 Å². The van der Waals surface area contributed by atoms with E-state index in [0.29, 0.717) is 24.6 Å². The van der Waals surface area contributed by atoms with Crippen LogP contribution in [-0.2, 0) is 17.7 Å². The summed E-state index contributed by atoms with van der Waals surface area (Å²) >= 11 is 0. The first-order valence-electron chi connectivity index (χ1n) is 10.7. The van der Waals surface area contributed by atoms with Crippen LogP contribution in [0.25, 0.3) is 11.4 Å². The van der Waals surface area contributed by atoms with E-state index in [4.69, 9.17) is 10.00 Å². The molecule has 0 saturated carbocycles. The Balaban J connectivity index is 1.51. The van der Waals surface area contributed by atoms with Crippen LogP contribution in [0, 0.1) is 18.3 Å². The summed E-state index contributed by atoms with van der Waals surface area (Å²) in [5, 5.41) is 23.6. The Kier molecular flexibility index (Phi) is 6.47. The molecule has 8 nitrogen and oxygen atoms in total. The zero-order valence-electron chi connectivity index (χ0n) is 18.3. The number of ether oxygens (including phenoxy) is 1. The second kappa shape index (κ2) is 9.62. The lowest BCUT2D eigenvalue weighted by Crippen LogP contribution is -2.31. The molecule has 32 heavy (non-hydrogen) atoms. The van der Waals surface area contributed by atoms with Crippen LogP contribution in [0.1, 0.15) is 34.9 Å². The summed E-state index contributed by atoms with van der Waals surface area (Å²) in [7, 11) is 1.60. The average Bonchev–Trinajstić information content (AvgIpc) is 3.24. The first-order chi connectivity index (χ1) is 15.6. The van der Waals surface area contributed by atoms with E-state index in [-0.39, 0.29) is 6.03 Å². The molecule has 2 aromatic carbocycles. The first kappa shape index (κ1) is 21.5. The number of carbonyl (C=O) groups is 1. The molecular formula is C24H26N6O2. The first-order valence-corrected chi connectivity index (χ1v) is 10.7. The van der Waals surface area contributed by atoms with Crippen molar-refractivity contribution in [3.05, 3.63) is 65.0 Å². The summed E-state index contributed by atoms with van der Waals surface area (Å²) in [5.74, 6) is 2.12.